The van der Waals surface area contributed by atoms with Crippen LogP contribution in [-0.4, -0.2) is 47.2 Å². The van der Waals surface area contributed by atoms with Gasteiger partial charge < -0.3 is 15.2 Å². The molecule has 2 aromatic heterocycles. The third kappa shape index (κ3) is 4.60. The van der Waals surface area contributed by atoms with Gasteiger partial charge in [-0.3, -0.25) is 14.1 Å². The van der Waals surface area contributed by atoms with Crippen molar-refractivity contribution >= 4 is 32.8 Å². The molecule has 0 amide bonds. The van der Waals surface area contributed by atoms with Crippen LogP contribution in [0.2, 0.25) is 0 Å². The van der Waals surface area contributed by atoms with E-state index in [0.29, 0.717) is 35.8 Å². The third-order valence-electron chi connectivity index (χ3n) is 4.89. The van der Waals surface area contributed by atoms with Crippen molar-refractivity contribution in [3.63, 3.8) is 0 Å². The predicted molar refractivity (Wildman–Crippen MR) is 125 cm³/mol. The Kier molecular flexibility index (Phi) is 6.84. The minimum Gasteiger partial charge on any atom is -0.344 e. The number of nitrogens with zero attached hydrogens (tertiary/aromatic N) is 5. The summed E-state index contributed by atoms with van der Waals surface area (Å²) in [5.41, 5.74) is 4.81. The van der Waals surface area contributed by atoms with Crippen LogP contribution in [0.5, 0.6) is 0 Å². The number of aromatic nitrogens is 4. The van der Waals surface area contributed by atoms with Gasteiger partial charge >= 0.3 is 5.69 Å². The van der Waals surface area contributed by atoms with E-state index in [1.165, 1.54) is 11.6 Å². The number of rotatable bonds is 9. The molecule has 3 aromatic rings. The standard InChI is InChI=1S/C20H27N7O4S/c1-4-5-12-26-16-17(22-19(26)24(2)13-11-21)25(3)20(29)27(18(16)28)14-32(30,31)23-15-9-7-6-8-10-15/h4-10,23H,11-14,21H2,1-3H3/b5-4+. The Morgan fingerprint density at radius 3 is 2.50 bits per heavy atom. The fourth-order valence-corrected chi connectivity index (χ4v) is 4.46. The van der Waals surface area contributed by atoms with Gasteiger partial charge in [0, 0.05) is 39.4 Å². The molecule has 0 saturated heterocycles. The Morgan fingerprint density at radius 1 is 1.19 bits per heavy atom. The first-order chi connectivity index (χ1) is 15.2. The van der Waals surface area contributed by atoms with Gasteiger partial charge in [0.25, 0.3) is 15.6 Å². The molecular weight excluding hydrogens is 434 g/mol. The maximum Gasteiger partial charge on any atom is 0.333 e. The first kappa shape index (κ1) is 23.3. The minimum absolute atomic E-state index is 0.138. The minimum atomic E-state index is -4.04. The van der Waals surface area contributed by atoms with Crippen molar-refractivity contribution in [2.75, 3.05) is 29.8 Å². The van der Waals surface area contributed by atoms with E-state index in [4.69, 9.17) is 5.73 Å². The van der Waals surface area contributed by atoms with Crippen LogP contribution >= 0.6 is 0 Å². The van der Waals surface area contributed by atoms with Crippen molar-refractivity contribution in [1.29, 1.82) is 0 Å². The van der Waals surface area contributed by atoms with Gasteiger partial charge in [-0.25, -0.2) is 17.8 Å². The van der Waals surface area contributed by atoms with E-state index in [1.54, 1.807) is 46.8 Å². The highest BCUT2D eigenvalue weighted by Gasteiger charge is 2.24. The Labute approximate surface area is 185 Å². The monoisotopic (exact) mass is 461 g/mol. The van der Waals surface area contributed by atoms with E-state index in [0.717, 1.165) is 0 Å². The molecule has 0 aliphatic heterocycles. The molecule has 12 heteroatoms. The lowest BCUT2D eigenvalue weighted by Crippen LogP contribution is -2.42. The van der Waals surface area contributed by atoms with Crippen molar-refractivity contribution in [2.45, 2.75) is 19.3 Å². The van der Waals surface area contributed by atoms with Crippen molar-refractivity contribution in [3.05, 3.63) is 63.3 Å². The van der Waals surface area contributed by atoms with E-state index in [1.807, 2.05) is 19.1 Å². The number of sulfonamides is 1. The molecule has 32 heavy (non-hydrogen) atoms. The number of benzene rings is 1. The molecule has 0 fully saturated rings. The Bertz CT molecular complexity index is 1350. The summed E-state index contributed by atoms with van der Waals surface area (Å²) in [4.78, 5) is 32.5. The zero-order chi connectivity index (χ0) is 23.5. The zero-order valence-corrected chi connectivity index (χ0v) is 19.0. The maximum absolute atomic E-state index is 13.3. The number of nitrogens with one attached hydrogen (secondary N) is 1. The van der Waals surface area contributed by atoms with E-state index < -0.39 is 27.1 Å². The summed E-state index contributed by atoms with van der Waals surface area (Å²) >= 11 is 0. The van der Waals surface area contributed by atoms with Crippen LogP contribution in [0.3, 0.4) is 0 Å². The number of anilines is 2. The summed E-state index contributed by atoms with van der Waals surface area (Å²) in [7, 11) is -0.798. The quantitative estimate of drug-likeness (QED) is 0.436. The summed E-state index contributed by atoms with van der Waals surface area (Å²) in [6.07, 6.45) is 3.66. The second-order valence-corrected chi connectivity index (χ2v) is 8.95. The van der Waals surface area contributed by atoms with Crippen molar-refractivity contribution in [1.82, 2.24) is 18.7 Å². The van der Waals surface area contributed by atoms with Crippen LogP contribution in [0.15, 0.2) is 52.1 Å². The third-order valence-corrected chi connectivity index (χ3v) is 6.03. The first-order valence-electron chi connectivity index (χ1n) is 9.98. The van der Waals surface area contributed by atoms with Crippen LogP contribution < -0.4 is 26.6 Å². The summed E-state index contributed by atoms with van der Waals surface area (Å²) in [5.74, 6) is -0.370. The number of likely N-dealkylation sites (N-methyl/N-ethyl adjacent to an activating group) is 1. The SMILES string of the molecule is C/C=C/Cn1c(N(C)CCN)nc2c1c(=O)n(CS(=O)(=O)Nc1ccccc1)c(=O)n2C. The second-order valence-electron chi connectivity index (χ2n) is 7.26. The van der Waals surface area contributed by atoms with Crippen LogP contribution in [0, 0.1) is 0 Å². The van der Waals surface area contributed by atoms with Gasteiger partial charge in [-0.05, 0) is 19.1 Å². The highest BCUT2D eigenvalue weighted by Crippen LogP contribution is 2.19. The van der Waals surface area contributed by atoms with Crippen molar-refractivity contribution in [2.24, 2.45) is 12.8 Å². The van der Waals surface area contributed by atoms with E-state index in [9.17, 15) is 18.0 Å². The van der Waals surface area contributed by atoms with Crippen LogP contribution in [0.25, 0.3) is 11.2 Å². The lowest BCUT2D eigenvalue weighted by Gasteiger charge is -2.18. The maximum atomic E-state index is 13.3. The van der Waals surface area contributed by atoms with Crippen LogP contribution in [0.1, 0.15) is 6.92 Å². The predicted octanol–water partition coefficient (Wildman–Crippen LogP) is 0.267. The largest absolute Gasteiger partial charge is 0.344 e. The average Bonchev–Trinajstić information content (AvgIpc) is 3.14. The van der Waals surface area contributed by atoms with E-state index >= 15 is 0 Å². The molecule has 0 saturated carbocycles. The molecule has 0 atom stereocenters. The average molecular weight is 462 g/mol. The van der Waals surface area contributed by atoms with Crippen molar-refractivity contribution in [3.8, 4) is 0 Å². The molecule has 0 unspecified atom stereocenters. The van der Waals surface area contributed by atoms with Gasteiger partial charge in [-0.2, -0.15) is 4.98 Å². The van der Waals surface area contributed by atoms with Crippen LogP contribution in [0.4, 0.5) is 11.6 Å². The number of para-hydroxylation sites is 1. The fourth-order valence-electron chi connectivity index (χ4n) is 3.33. The second kappa shape index (κ2) is 9.40. The summed E-state index contributed by atoms with van der Waals surface area (Å²) in [5, 5.41) is 0. The number of nitrogens with two attached hydrogens (primary N) is 1. The highest BCUT2D eigenvalue weighted by atomic mass is 32.2. The smallest absolute Gasteiger partial charge is 0.333 e. The molecule has 3 rings (SSSR count). The number of allylic oxidation sites excluding steroid dienone is 2. The molecule has 0 aliphatic rings. The lowest BCUT2D eigenvalue weighted by atomic mass is 10.3. The fraction of sp³-hybridized carbons (Fsp3) is 0.350. The summed E-state index contributed by atoms with van der Waals surface area (Å²) in [6, 6.07) is 8.25. The molecule has 0 bridgehead atoms. The molecule has 11 nitrogen and oxygen atoms in total. The zero-order valence-electron chi connectivity index (χ0n) is 18.2. The van der Waals surface area contributed by atoms with Gasteiger partial charge in [0.2, 0.25) is 5.95 Å². The highest BCUT2D eigenvalue weighted by molar-refractivity contribution is 7.91. The Balaban J connectivity index is 2.18. The van der Waals surface area contributed by atoms with Crippen LogP contribution in [-0.2, 0) is 29.5 Å². The molecule has 0 aliphatic carbocycles. The molecule has 0 radical (unpaired) electrons. The Hall–Kier alpha value is -3.38. The molecular formula is C20H27N7O4S. The topological polar surface area (TPSA) is 137 Å². The number of imidazole rings is 1. The van der Waals surface area contributed by atoms with Gasteiger partial charge in [-0.1, -0.05) is 30.4 Å². The molecule has 0 spiro atoms. The molecule has 172 valence electrons. The van der Waals surface area contributed by atoms with E-state index in [2.05, 4.69) is 9.71 Å². The van der Waals surface area contributed by atoms with Gasteiger partial charge in [0.15, 0.2) is 17.0 Å². The number of hydrogen-bond donors (Lipinski definition) is 2. The first-order valence-corrected chi connectivity index (χ1v) is 11.6. The van der Waals surface area contributed by atoms with Crippen molar-refractivity contribution < 1.29 is 8.42 Å². The number of hydrogen-bond acceptors (Lipinski definition) is 7. The molecule has 3 N–H and O–H groups in total. The van der Waals surface area contributed by atoms with Gasteiger partial charge in [-0.15, -0.1) is 0 Å². The molecule has 1 aromatic carbocycles. The van der Waals surface area contributed by atoms with Gasteiger partial charge in [0.1, 0.15) is 0 Å². The number of fused-ring (bicyclic) bond motifs is 1. The molecule has 2 heterocycles. The Morgan fingerprint density at radius 2 is 1.88 bits per heavy atom. The van der Waals surface area contributed by atoms with Gasteiger partial charge in [0.05, 0.1) is 0 Å². The number of aryl methyl sites for hydroxylation is 1. The van der Waals surface area contributed by atoms with E-state index in [-0.39, 0.29) is 11.2 Å². The lowest BCUT2D eigenvalue weighted by molar-refractivity contribution is 0.579. The summed E-state index contributed by atoms with van der Waals surface area (Å²) in [6.45, 7) is 3.02. The normalized spacial score (nSPS) is 12.0. The summed E-state index contributed by atoms with van der Waals surface area (Å²) < 4.78 is 31.3.